The summed E-state index contributed by atoms with van der Waals surface area (Å²) in [6.45, 7) is 3.60. The summed E-state index contributed by atoms with van der Waals surface area (Å²) in [5.41, 5.74) is 0.143. The van der Waals surface area contributed by atoms with Gasteiger partial charge in [-0.25, -0.2) is 17.5 Å². The Hall–Kier alpha value is -2.70. The number of amides is 1. The zero-order valence-corrected chi connectivity index (χ0v) is 15.4. The smallest absolute Gasteiger partial charge is 0.272 e. The number of carbonyl (C=O) groups is 1. The first-order valence-electron chi connectivity index (χ1n) is 7.87. The van der Waals surface area contributed by atoms with Crippen LogP contribution in [0.2, 0.25) is 0 Å². The average Bonchev–Trinajstić information content (AvgIpc) is 2.99. The Bertz CT molecular complexity index is 976. The van der Waals surface area contributed by atoms with Gasteiger partial charge in [-0.2, -0.15) is 5.26 Å². The van der Waals surface area contributed by atoms with Crippen molar-refractivity contribution < 1.29 is 17.6 Å². The van der Waals surface area contributed by atoms with E-state index in [4.69, 9.17) is 5.26 Å². The van der Waals surface area contributed by atoms with Crippen LogP contribution < -0.4 is 10.0 Å². The van der Waals surface area contributed by atoms with E-state index in [-0.39, 0.29) is 27.9 Å². The van der Waals surface area contributed by atoms with Crippen LogP contribution in [-0.2, 0) is 17.1 Å². The maximum absolute atomic E-state index is 13.3. The lowest BCUT2D eigenvalue weighted by molar-refractivity contribution is 0.101. The molecule has 1 atom stereocenters. The largest absolute Gasteiger partial charge is 0.345 e. The Labute approximate surface area is 151 Å². The lowest BCUT2D eigenvalue weighted by Gasteiger charge is -2.10. The number of hydrogen-bond acceptors (Lipinski definition) is 4. The molecule has 0 bridgehead atoms. The number of nitrogens with zero attached hydrogens (tertiary/aromatic N) is 2. The third kappa shape index (κ3) is 4.28. The predicted molar refractivity (Wildman–Crippen MR) is 94.6 cm³/mol. The monoisotopic (exact) mass is 378 g/mol. The number of halogens is 1. The minimum atomic E-state index is -3.74. The van der Waals surface area contributed by atoms with Gasteiger partial charge < -0.3 is 9.88 Å². The van der Waals surface area contributed by atoms with Crippen LogP contribution in [0.15, 0.2) is 35.4 Å². The first-order chi connectivity index (χ1) is 12.2. The van der Waals surface area contributed by atoms with E-state index >= 15 is 0 Å². The van der Waals surface area contributed by atoms with E-state index in [0.29, 0.717) is 6.42 Å². The van der Waals surface area contributed by atoms with E-state index in [1.54, 1.807) is 20.0 Å². The number of rotatable bonds is 6. The van der Waals surface area contributed by atoms with Gasteiger partial charge in [-0.15, -0.1) is 0 Å². The average molecular weight is 378 g/mol. The molecule has 1 aromatic carbocycles. The molecule has 2 rings (SSSR count). The third-order valence-corrected chi connectivity index (χ3v) is 5.39. The van der Waals surface area contributed by atoms with Crippen molar-refractivity contribution in [1.82, 2.24) is 9.29 Å². The summed E-state index contributed by atoms with van der Waals surface area (Å²) in [4.78, 5) is 12.4. The molecule has 2 N–H and O–H groups in total. The molecule has 7 nitrogen and oxygen atoms in total. The Kier molecular flexibility index (Phi) is 5.79. The molecule has 1 amide bonds. The summed E-state index contributed by atoms with van der Waals surface area (Å²) >= 11 is 0. The first kappa shape index (κ1) is 19.6. The van der Waals surface area contributed by atoms with Gasteiger partial charge >= 0.3 is 0 Å². The fourth-order valence-electron chi connectivity index (χ4n) is 2.21. The van der Waals surface area contributed by atoms with Gasteiger partial charge in [0.15, 0.2) is 0 Å². The number of sulfonamides is 1. The Balaban J connectivity index is 2.26. The Morgan fingerprint density at radius 1 is 1.38 bits per heavy atom. The van der Waals surface area contributed by atoms with E-state index in [2.05, 4.69) is 10.0 Å². The second-order valence-corrected chi connectivity index (χ2v) is 7.58. The molecule has 0 saturated carbocycles. The van der Waals surface area contributed by atoms with E-state index in [0.717, 1.165) is 6.07 Å². The van der Waals surface area contributed by atoms with Gasteiger partial charge in [0.1, 0.15) is 22.5 Å². The minimum Gasteiger partial charge on any atom is -0.345 e. The first-order valence-corrected chi connectivity index (χ1v) is 9.36. The van der Waals surface area contributed by atoms with Crippen molar-refractivity contribution in [2.24, 2.45) is 7.05 Å². The number of benzene rings is 1. The van der Waals surface area contributed by atoms with Crippen molar-refractivity contribution in [3.63, 3.8) is 0 Å². The molecule has 0 spiro atoms. The number of anilines is 1. The highest BCUT2D eigenvalue weighted by Gasteiger charge is 2.22. The van der Waals surface area contributed by atoms with Gasteiger partial charge in [-0.05, 0) is 37.6 Å². The maximum atomic E-state index is 13.3. The van der Waals surface area contributed by atoms with Crippen LogP contribution in [0.25, 0.3) is 0 Å². The maximum Gasteiger partial charge on any atom is 0.272 e. The SMILES string of the molecule is CCC(C)NS(=O)(=O)c1cc(C(=O)Nc2ccc(F)c(C#N)c2)n(C)c1. The quantitative estimate of drug-likeness (QED) is 0.805. The van der Waals surface area contributed by atoms with Crippen molar-refractivity contribution in [3.05, 3.63) is 47.5 Å². The van der Waals surface area contributed by atoms with Crippen molar-refractivity contribution in [2.45, 2.75) is 31.2 Å². The van der Waals surface area contributed by atoms with Gasteiger partial charge in [-0.1, -0.05) is 6.92 Å². The molecule has 1 aromatic heterocycles. The van der Waals surface area contributed by atoms with Crippen molar-refractivity contribution >= 4 is 21.6 Å². The highest BCUT2D eigenvalue weighted by molar-refractivity contribution is 7.89. The normalized spacial score (nSPS) is 12.4. The predicted octanol–water partition coefficient (Wildman–Crippen LogP) is 2.36. The zero-order chi connectivity index (χ0) is 19.5. The van der Waals surface area contributed by atoms with Gasteiger partial charge in [0.2, 0.25) is 10.0 Å². The molecule has 138 valence electrons. The molecular weight excluding hydrogens is 359 g/mol. The number of nitrogens with one attached hydrogen (secondary N) is 2. The summed E-state index contributed by atoms with van der Waals surface area (Å²) in [5.74, 6) is -1.26. The lowest BCUT2D eigenvalue weighted by atomic mass is 10.2. The van der Waals surface area contributed by atoms with E-state index in [1.165, 1.54) is 29.0 Å². The van der Waals surface area contributed by atoms with Crippen molar-refractivity contribution in [2.75, 3.05) is 5.32 Å². The second kappa shape index (κ2) is 7.68. The van der Waals surface area contributed by atoms with Crippen LogP contribution in [-0.4, -0.2) is 24.9 Å². The summed E-state index contributed by atoms with van der Waals surface area (Å²) in [6, 6.07) is 6.31. The number of aryl methyl sites for hydroxylation is 1. The Morgan fingerprint density at radius 3 is 2.69 bits per heavy atom. The van der Waals surface area contributed by atoms with Crippen molar-refractivity contribution in [1.29, 1.82) is 5.26 Å². The molecular formula is C17H19FN4O3S. The molecule has 0 fully saturated rings. The molecule has 0 aliphatic heterocycles. The molecule has 0 aliphatic carbocycles. The van der Waals surface area contributed by atoms with Crippen LogP contribution in [0, 0.1) is 17.1 Å². The van der Waals surface area contributed by atoms with Gasteiger partial charge in [0, 0.05) is 25.0 Å². The standard InChI is InChI=1S/C17H19FN4O3S/c1-4-11(2)21-26(24,25)14-8-16(22(3)10-14)17(23)20-13-5-6-15(18)12(7-13)9-19/h5-8,10-11,21H,4H2,1-3H3,(H,20,23). The zero-order valence-electron chi connectivity index (χ0n) is 14.6. The Morgan fingerprint density at radius 2 is 2.08 bits per heavy atom. The molecule has 2 aromatic rings. The van der Waals surface area contributed by atoms with Crippen LogP contribution in [0.4, 0.5) is 10.1 Å². The number of hydrogen-bond donors (Lipinski definition) is 2. The van der Waals surface area contributed by atoms with E-state index in [9.17, 15) is 17.6 Å². The minimum absolute atomic E-state index is 0.0257. The fraction of sp³-hybridized carbons (Fsp3) is 0.294. The molecule has 0 radical (unpaired) electrons. The van der Waals surface area contributed by atoms with Crippen LogP contribution in [0.1, 0.15) is 36.3 Å². The summed E-state index contributed by atoms with van der Waals surface area (Å²) < 4.78 is 41.9. The number of nitriles is 1. The molecule has 0 aliphatic rings. The van der Waals surface area contributed by atoms with Crippen LogP contribution >= 0.6 is 0 Å². The van der Waals surface area contributed by atoms with Gasteiger partial charge in [0.25, 0.3) is 5.91 Å². The van der Waals surface area contributed by atoms with E-state index < -0.39 is 21.7 Å². The molecule has 1 unspecified atom stereocenters. The fourth-order valence-corrected chi connectivity index (χ4v) is 3.60. The summed E-state index contributed by atoms with van der Waals surface area (Å²) in [5, 5.41) is 11.4. The highest BCUT2D eigenvalue weighted by atomic mass is 32.2. The lowest BCUT2D eigenvalue weighted by Crippen LogP contribution is -2.31. The van der Waals surface area contributed by atoms with Crippen LogP contribution in [0.3, 0.4) is 0 Å². The number of aromatic nitrogens is 1. The summed E-state index contributed by atoms with van der Waals surface area (Å²) in [6.07, 6.45) is 1.97. The number of carbonyl (C=O) groups excluding carboxylic acids is 1. The molecule has 1 heterocycles. The highest BCUT2D eigenvalue weighted by Crippen LogP contribution is 2.18. The third-order valence-electron chi connectivity index (χ3n) is 3.84. The molecule has 9 heteroatoms. The van der Waals surface area contributed by atoms with Crippen molar-refractivity contribution in [3.8, 4) is 6.07 Å². The molecule has 26 heavy (non-hydrogen) atoms. The topological polar surface area (TPSA) is 104 Å². The van der Waals surface area contributed by atoms with Gasteiger partial charge in [0.05, 0.1) is 5.56 Å². The van der Waals surface area contributed by atoms with E-state index in [1.807, 2.05) is 6.92 Å². The second-order valence-electron chi connectivity index (χ2n) is 5.86. The molecule has 0 saturated heterocycles. The van der Waals surface area contributed by atoms with Gasteiger partial charge in [-0.3, -0.25) is 4.79 Å². The summed E-state index contributed by atoms with van der Waals surface area (Å²) in [7, 11) is -2.20. The van der Waals surface area contributed by atoms with Crippen LogP contribution in [0.5, 0.6) is 0 Å².